The SMILES string of the molecule is COC(=O)c1cc(C)nc(N2C[C@H]3C[C@@H](C2)[C@H](CN(C)C)n2c3cccc2=O)n1. The quantitative estimate of drug-likeness (QED) is 0.723. The summed E-state index contributed by atoms with van der Waals surface area (Å²) in [6, 6.07) is 7.29. The summed E-state index contributed by atoms with van der Waals surface area (Å²) in [4.78, 5) is 38.0. The minimum atomic E-state index is -0.462. The average molecular weight is 397 g/mol. The molecular formula is C21H27N5O3. The molecule has 4 rings (SSSR count). The lowest BCUT2D eigenvalue weighted by Gasteiger charge is -2.47. The van der Waals surface area contributed by atoms with Crippen LogP contribution in [0.4, 0.5) is 5.95 Å². The molecule has 2 aliphatic heterocycles. The second-order valence-electron chi connectivity index (χ2n) is 8.27. The van der Waals surface area contributed by atoms with Gasteiger partial charge in [-0.25, -0.2) is 14.8 Å². The van der Waals surface area contributed by atoms with Crippen LogP contribution in [0.2, 0.25) is 0 Å². The average Bonchev–Trinajstić information content (AvgIpc) is 2.69. The monoisotopic (exact) mass is 397 g/mol. The van der Waals surface area contributed by atoms with Crippen molar-refractivity contribution in [1.29, 1.82) is 0 Å². The van der Waals surface area contributed by atoms with Crippen LogP contribution in [0, 0.1) is 12.8 Å². The Kier molecular flexibility index (Phi) is 5.12. The number of fused-ring (bicyclic) bond motifs is 4. The van der Waals surface area contributed by atoms with E-state index < -0.39 is 5.97 Å². The topological polar surface area (TPSA) is 80.6 Å². The maximum atomic E-state index is 12.7. The van der Waals surface area contributed by atoms with E-state index in [1.807, 2.05) is 31.7 Å². The third-order valence-corrected chi connectivity index (χ3v) is 5.87. The third-order valence-electron chi connectivity index (χ3n) is 5.87. The number of anilines is 1. The van der Waals surface area contributed by atoms with Crippen LogP contribution in [-0.4, -0.2) is 66.2 Å². The summed E-state index contributed by atoms with van der Waals surface area (Å²) >= 11 is 0. The van der Waals surface area contributed by atoms with E-state index in [4.69, 9.17) is 4.74 Å². The number of rotatable bonds is 4. The van der Waals surface area contributed by atoms with Gasteiger partial charge < -0.3 is 19.1 Å². The van der Waals surface area contributed by atoms with Gasteiger partial charge in [0.05, 0.1) is 13.2 Å². The van der Waals surface area contributed by atoms with Crippen LogP contribution in [0.1, 0.15) is 40.3 Å². The van der Waals surface area contributed by atoms with E-state index in [0.29, 0.717) is 11.9 Å². The molecule has 0 spiro atoms. The third kappa shape index (κ3) is 3.64. The van der Waals surface area contributed by atoms with Gasteiger partial charge in [0.25, 0.3) is 5.56 Å². The molecule has 0 aromatic carbocycles. The maximum absolute atomic E-state index is 12.7. The molecule has 8 heteroatoms. The molecule has 1 fully saturated rings. The van der Waals surface area contributed by atoms with Crippen LogP contribution < -0.4 is 10.5 Å². The van der Waals surface area contributed by atoms with Crippen molar-refractivity contribution in [2.75, 3.05) is 45.7 Å². The van der Waals surface area contributed by atoms with Crippen molar-refractivity contribution in [1.82, 2.24) is 19.4 Å². The summed E-state index contributed by atoms with van der Waals surface area (Å²) in [5.74, 6) is 0.618. The van der Waals surface area contributed by atoms with E-state index in [1.54, 1.807) is 12.1 Å². The van der Waals surface area contributed by atoms with Gasteiger partial charge >= 0.3 is 5.97 Å². The van der Waals surface area contributed by atoms with E-state index in [9.17, 15) is 9.59 Å². The number of aromatic nitrogens is 3. The Balaban J connectivity index is 1.73. The second kappa shape index (κ2) is 7.59. The van der Waals surface area contributed by atoms with Gasteiger partial charge in [-0.2, -0.15) is 0 Å². The van der Waals surface area contributed by atoms with Crippen molar-refractivity contribution < 1.29 is 9.53 Å². The summed E-state index contributed by atoms with van der Waals surface area (Å²) in [5.41, 5.74) is 2.14. The van der Waals surface area contributed by atoms with Gasteiger partial charge in [0.2, 0.25) is 5.95 Å². The van der Waals surface area contributed by atoms with Crippen molar-refractivity contribution in [3.63, 3.8) is 0 Å². The fourth-order valence-electron chi connectivity index (χ4n) is 4.72. The number of ether oxygens (including phenoxy) is 1. The highest BCUT2D eigenvalue weighted by atomic mass is 16.5. The lowest BCUT2D eigenvalue weighted by Crippen LogP contribution is -2.52. The Hall–Kier alpha value is -2.74. The van der Waals surface area contributed by atoms with E-state index in [0.717, 1.165) is 37.4 Å². The first kappa shape index (κ1) is 19.6. The summed E-state index contributed by atoms with van der Waals surface area (Å²) in [7, 11) is 5.42. The number of nitrogens with zero attached hydrogens (tertiary/aromatic N) is 5. The van der Waals surface area contributed by atoms with E-state index in [1.165, 1.54) is 7.11 Å². The van der Waals surface area contributed by atoms with E-state index >= 15 is 0 Å². The number of hydrogen-bond donors (Lipinski definition) is 0. The van der Waals surface area contributed by atoms with Gasteiger partial charge in [-0.05, 0) is 45.5 Å². The Labute approximate surface area is 170 Å². The molecule has 2 aromatic heterocycles. The summed E-state index contributed by atoms with van der Waals surface area (Å²) < 4.78 is 6.83. The molecule has 2 aromatic rings. The van der Waals surface area contributed by atoms with Gasteiger partial charge in [-0.1, -0.05) is 6.07 Å². The lowest BCUT2D eigenvalue weighted by molar-refractivity contribution is 0.0593. The van der Waals surface area contributed by atoms with Gasteiger partial charge in [0.15, 0.2) is 5.69 Å². The summed E-state index contributed by atoms with van der Waals surface area (Å²) in [6.45, 7) is 4.12. The van der Waals surface area contributed by atoms with Gasteiger partial charge in [-0.3, -0.25) is 4.79 Å². The molecule has 29 heavy (non-hydrogen) atoms. The van der Waals surface area contributed by atoms with Gasteiger partial charge in [0.1, 0.15) is 0 Å². The largest absolute Gasteiger partial charge is 0.464 e. The first-order valence-electron chi connectivity index (χ1n) is 9.92. The van der Waals surface area contributed by atoms with Crippen LogP contribution in [-0.2, 0) is 4.74 Å². The number of pyridine rings is 1. The highest BCUT2D eigenvalue weighted by Gasteiger charge is 2.41. The number of hydrogen-bond acceptors (Lipinski definition) is 7. The minimum Gasteiger partial charge on any atom is -0.464 e. The maximum Gasteiger partial charge on any atom is 0.356 e. The molecule has 154 valence electrons. The zero-order chi connectivity index (χ0) is 20.7. The molecular weight excluding hydrogens is 370 g/mol. The predicted octanol–water partition coefficient (Wildman–Crippen LogP) is 1.46. The molecule has 2 aliphatic rings. The van der Waals surface area contributed by atoms with Crippen LogP contribution in [0.15, 0.2) is 29.1 Å². The fourth-order valence-corrected chi connectivity index (χ4v) is 4.72. The molecule has 4 heterocycles. The van der Waals surface area contributed by atoms with Crippen LogP contribution in [0.5, 0.6) is 0 Å². The van der Waals surface area contributed by atoms with Crippen LogP contribution >= 0.6 is 0 Å². The van der Waals surface area contributed by atoms with Crippen molar-refractivity contribution in [3.05, 3.63) is 51.7 Å². The van der Waals surface area contributed by atoms with Crippen molar-refractivity contribution in [2.24, 2.45) is 5.92 Å². The summed E-state index contributed by atoms with van der Waals surface area (Å²) in [5, 5.41) is 0. The molecule has 3 atom stereocenters. The smallest absolute Gasteiger partial charge is 0.356 e. The summed E-state index contributed by atoms with van der Waals surface area (Å²) in [6.07, 6.45) is 1.04. The zero-order valence-electron chi connectivity index (χ0n) is 17.3. The van der Waals surface area contributed by atoms with Crippen molar-refractivity contribution in [3.8, 4) is 0 Å². The normalized spacial score (nSPS) is 23.1. The Morgan fingerprint density at radius 1 is 1.28 bits per heavy atom. The van der Waals surface area contributed by atoms with E-state index in [2.05, 4.69) is 25.8 Å². The van der Waals surface area contributed by atoms with Crippen LogP contribution in [0.3, 0.4) is 0 Å². The highest BCUT2D eigenvalue weighted by molar-refractivity contribution is 5.87. The predicted molar refractivity (Wildman–Crippen MR) is 109 cm³/mol. The van der Waals surface area contributed by atoms with Crippen LogP contribution in [0.25, 0.3) is 0 Å². The lowest BCUT2D eigenvalue weighted by atomic mass is 9.78. The zero-order valence-corrected chi connectivity index (χ0v) is 17.3. The molecule has 0 N–H and O–H groups in total. The number of aryl methyl sites for hydroxylation is 1. The Morgan fingerprint density at radius 3 is 2.79 bits per heavy atom. The molecule has 0 unspecified atom stereocenters. The molecule has 0 radical (unpaired) electrons. The molecule has 0 amide bonds. The van der Waals surface area contributed by atoms with Gasteiger partial charge in [0, 0.05) is 43.0 Å². The molecule has 1 saturated heterocycles. The Morgan fingerprint density at radius 2 is 2.07 bits per heavy atom. The number of methoxy groups -OCH3 is 1. The standard InChI is InChI=1S/C21H27N5O3/c1-13-8-16(20(28)29-4)23-21(22-13)25-10-14-9-15(11-25)18(12-24(2)3)26-17(14)6-5-7-19(26)27/h5-8,14-15,18H,9-12H2,1-4H3/t14-,15+,18+/m1/s1. The van der Waals surface area contributed by atoms with Crippen molar-refractivity contribution >= 4 is 11.9 Å². The minimum absolute atomic E-state index is 0.0669. The van der Waals surface area contributed by atoms with E-state index in [-0.39, 0.29) is 23.2 Å². The number of piperidine rings is 1. The highest BCUT2D eigenvalue weighted by Crippen LogP contribution is 2.41. The molecule has 0 saturated carbocycles. The molecule has 8 nitrogen and oxygen atoms in total. The Bertz CT molecular complexity index is 987. The molecule has 0 aliphatic carbocycles. The number of esters is 1. The van der Waals surface area contributed by atoms with Gasteiger partial charge in [-0.15, -0.1) is 0 Å². The molecule has 2 bridgehead atoms. The number of carbonyl (C=O) groups excluding carboxylic acids is 1. The second-order valence-corrected chi connectivity index (χ2v) is 8.27. The first-order valence-corrected chi connectivity index (χ1v) is 9.92. The van der Waals surface area contributed by atoms with Crippen molar-refractivity contribution in [2.45, 2.75) is 25.3 Å². The fraction of sp³-hybridized carbons (Fsp3) is 0.524. The number of carbonyl (C=O) groups is 1. The number of likely N-dealkylation sites (N-methyl/N-ethyl adjacent to an activating group) is 1. The first-order chi connectivity index (χ1) is 13.9.